The maximum Gasteiger partial charge on any atom is 0.224 e. The van der Waals surface area contributed by atoms with Crippen LogP contribution in [-0.4, -0.2) is 54.6 Å². The van der Waals surface area contributed by atoms with Crippen molar-refractivity contribution in [3.05, 3.63) is 88.1 Å². The van der Waals surface area contributed by atoms with Crippen molar-refractivity contribution in [2.75, 3.05) is 44.5 Å². The highest BCUT2D eigenvalue weighted by atomic mass is 35.5. The number of hydrogen-bond donors (Lipinski definition) is 2. The number of hydrogen-bond acceptors (Lipinski definition) is 7. The third kappa shape index (κ3) is 7.00. The van der Waals surface area contributed by atoms with Crippen LogP contribution in [-0.2, 0) is 17.8 Å². The molecule has 0 atom stereocenters. The summed E-state index contributed by atoms with van der Waals surface area (Å²) in [7, 11) is 3.98. The molecular weight excluding hydrogens is 548 g/mol. The first-order valence-corrected chi connectivity index (χ1v) is 14.4. The van der Waals surface area contributed by atoms with Crippen LogP contribution in [0.15, 0.2) is 60.8 Å². The standard InChI is InChI=1S/C33H35ClN6O2/c1-22-15-30-27(17-29(22)38-32(41)9-6-13-39(2)3)33(25(18-35)19-36-30)37-26-10-11-31(28(34)16-26)42-21-40-14-12-23-7-4-5-8-24(23)20-40/h4-5,7-8,10-11,15-17,19H,6,9,12-14,20-21H2,1-3H3,(H,36,37)(H,38,41). The van der Waals surface area contributed by atoms with Crippen molar-refractivity contribution in [3.63, 3.8) is 0 Å². The Bertz CT molecular complexity index is 1650. The second kappa shape index (κ2) is 13.2. The monoisotopic (exact) mass is 582 g/mol. The van der Waals surface area contributed by atoms with Gasteiger partial charge in [-0.15, -0.1) is 0 Å². The summed E-state index contributed by atoms with van der Waals surface area (Å²) in [5, 5.41) is 17.5. The van der Waals surface area contributed by atoms with Gasteiger partial charge in [0, 0.05) is 42.5 Å². The van der Waals surface area contributed by atoms with E-state index in [1.54, 1.807) is 12.3 Å². The first-order valence-electron chi connectivity index (χ1n) is 14.1. The molecule has 0 fully saturated rings. The Labute approximate surface area is 251 Å². The summed E-state index contributed by atoms with van der Waals surface area (Å²) in [4.78, 5) is 21.4. The SMILES string of the molecule is Cc1cc2ncc(C#N)c(Nc3ccc(OCN4CCc5ccccc5C4)c(Cl)c3)c2cc1NC(=O)CCCN(C)C. The Hall–Kier alpha value is -4.16. The van der Waals surface area contributed by atoms with Crippen molar-refractivity contribution in [2.45, 2.75) is 32.7 Å². The minimum absolute atomic E-state index is 0.0469. The third-order valence-corrected chi connectivity index (χ3v) is 7.73. The number of carbonyl (C=O) groups excluding carboxylic acids is 1. The van der Waals surface area contributed by atoms with Gasteiger partial charge in [-0.25, -0.2) is 0 Å². The van der Waals surface area contributed by atoms with Gasteiger partial charge in [-0.05, 0) is 87.4 Å². The number of nitrogens with zero attached hydrogens (tertiary/aromatic N) is 4. The number of benzene rings is 3. The molecule has 4 aromatic rings. The maximum atomic E-state index is 12.6. The van der Waals surface area contributed by atoms with E-state index in [0.717, 1.165) is 43.4 Å². The second-order valence-corrected chi connectivity index (χ2v) is 11.3. The third-order valence-electron chi connectivity index (χ3n) is 7.43. The van der Waals surface area contributed by atoms with Gasteiger partial charge >= 0.3 is 0 Å². The molecule has 0 radical (unpaired) electrons. The molecule has 1 aliphatic heterocycles. The van der Waals surface area contributed by atoms with Crippen molar-refractivity contribution in [1.29, 1.82) is 5.26 Å². The lowest BCUT2D eigenvalue weighted by atomic mass is 10.0. The maximum absolute atomic E-state index is 12.6. The molecular formula is C33H35ClN6O2. The van der Waals surface area contributed by atoms with E-state index in [1.165, 1.54) is 11.1 Å². The van der Waals surface area contributed by atoms with E-state index in [2.05, 4.69) is 55.8 Å². The fourth-order valence-corrected chi connectivity index (χ4v) is 5.37. The quantitative estimate of drug-likeness (QED) is 0.221. The van der Waals surface area contributed by atoms with Gasteiger partial charge in [0.2, 0.25) is 5.91 Å². The predicted octanol–water partition coefficient (Wildman–Crippen LogP) is 6.49. The summed E-state index contributed by atoms with van der Waals surface area (Å²) in [6.07, 6.45) is 3.75. The highest BCUT2D eigenvalue weighted by molar-refractivity contribution is 6.32. The molecule has 0 bridgehead atoms. The Morgan fingerprint density at radius 1 is 1.17 bits per heavy atom. The molecule has 1 aromatic heterocycles. The molecule has 0 aliphatic carbocycles. The van der Waals surface area contributed by atoms with Gasteiger partial charge < -0.3 is 20.3 Å². The Morgan fingerprint density at radius 2 is 1.98 bits per heavy atom. The number of pyridine rings is 1. The van der Waals surface area contributed by atoms with E-state index >= 15 is 0 Å². The Kier molecular flexibility index (Phi) is 9.23. The summed E-state index contributed by atoms with van der Waals surface area (Å²) < 4.78 is 6.08. The number of aryl methyl sites for hydroxylation is 1. The molecule has 5 rings (SSSR count). The number of aromatic nitrogens is 1. The van der Waals surface area contributed by atoms with Crippen LogP contribution in [0.4, 0.5) is 17.1 Å². The van der Waals surface area contributed by atoms with Crippen molar-refractivity contribution >= 4 is 45.5 Å². The van der Waals surface area contributed by atoms with Crippen LogP contribution < -0.4 is 15.4 Å². The van der Waals surface area contributed by atoms with Crippen LogP contribution in [0, 0.1) is 18.3 Å². The van der Waals surface area contributed by atoms with E-state index in [-0.39, 0.29) is 5.91 Å². The fraction of sp³-hybridized carbons (Fsp3) is 0.303. The number of carbonyl (C=O) groups is 1. The van der Waals surface area contributed by atoms with Gasteiger partial charge in [-0.1, -0.05) is 35.9 Å². The first-order chi connectivity index (χ1) is 20.3. The molecule has 0 unspecified atom stereocenters. The summed E-state index contributed by atoms with van der Waals surface area (Å²) >= 11 is 6.64. The molecule has 2 N–H and O–H groups in total. The van der Waals surface area contributed by atoms with Crippen molar-refractivity contribution in [1.82, 2.24) is 14.8 Å². The largest absolute Gasteiger partial charge is 0.477 e. The summed E-state index contributed by atoms with van der Waals surface area (Å²) in [5.74, 6) is 0.547. The zero-order chi connectivity index (χ0) is 29.6. The van der Waals surface area contributed by atoms with Crippen molar-refractivity contribution in [3.8, 4) is 11.8 Å². The number of ether oxygens (including phenoxy) is 1. The van der Waals surface area contributed by atoms with Crippen LogP contribution in [0.2, 0.25) is 5.02 Å². The predicted molar refractivity (Wildman–Crippen MR) is 168 cm³/mol. The van der Waals surface area contributed by atoms with E-state index in [4.69, 9.17) is 16.3 Å². The van der Waals surface area contributed by atoms with Gasteiger partial charge in [0.15, 0.2) is 0 Å². The van der Waals surface area contributed by atoms with Gasteiger partial charge in [0.25, 0.3) is 0 Å². The number of nitriles is 1. The van der Waals surface area contributed by atoms with Crippen molar-refractivity contribution in [2.24, 2.45) is 0 Å². The average Bonchev–Trinajstić information content (AvgIpc) is 2.97. The summed E-state index contributed by atoms with van der Waals surface area (Å²) in [6.45, 7) is 4.99. The van der Waals surface area contributed by atoms with E-state index in [0.29, 0.717) is 52.1 Å². The average molecular weight is 583 g/mol. The van der Waals surface area contributed by atoms with E-state index < -0.39 is 0 Å². The fourth-order valence-electron chi connectivity index (χ4n) is 5.13. The summed E-state index contributed by atoms with van der Waals surface area (Å²) in [5.41, 5.74) is 6.73. The molecule has 1 aliphatic rings. The first kappa shape index (κ1) is 29.3. The van der Waals surface area contributed by atoms with Crippen LogP contribution in [0.5, 0.6) is 5.75 Å². The van der Waals surface area contributed by atoms with Crippen LogP contribution >= 0.6 is 11.6 Å². The molecule has 3 aromatic carbocycles. The van der Waals surface area contributed by atoms with E-state index in [9.17, 15) is 10.1 Å². The topological polar surface area (TPSA) is 93.5 Å². The Morgan fingerprint density at radius 3 is 2.74 bits per heavy atom. The zero-order valence-electron chi connectivity index (χ0n) is 24.2. The number of nitrogens with one attached hydrogen (secondary N) is 2. The number of amides is 1. The lowest BCUT2D eigenvalue weighted by Crippen LogP contribution is -2.33. The summed E-state index contributed by atoms with van der Waals surface area (Å²) in [6, 6.07) is 20.0. The second-order valence-electron chi connectivity index (χ2n) is 10.9. The number of halogens is 1. The van der Waals surface area contributed by atoms with Gasteiger partial charge in [-0.3, -0.25) is 14.7 Å². The number of rotatable bonds is 10. The highest BCUT2D eigenvalue weighted by Gasteiger charge is 2.17. The molecule has 2 heterocycles. The highest BCUT2D eigenvalue weighted by Crippen LogP contribution is 2.35. The number of anilines is 3. The van der Waals surface area contributed by atoms with E-state index in [1.807, 2.05) is 45.3 Å². The minimum Gasteiger partial charge on any atom is -0.477 e. The van der Waals surface area contributed by atoms with Crippen LogP contribution in [0.3, 0.4) is 0 Å². The zero-order valence-corrected chi connectivity index (χ0v) is 25.0. The molecule has 1 amide bonds. The smallest absolute Gasteiger partial charge is 0.224 e. The van der Waals surface area contributed by atoms with Gasteiger partial charge in [-0.2, -0.15) is 5.26 Å². The van der Waals surface area contributed by atoms with Crippen LogP contribution in [0.25, 0.3) is 10.9 Å². The minimum atomic E-state index is -0.0469. The van der Waals surface area contributed by atoms with Gasteiger partial charge in [0.1, 0.15) is 18.5 Å². The lowest BCUT2D eigenvalue weighted by molar-refractivity contribution is -0.116. The molecule has 0 saturated heterocycles. The van der Waals surface area contributed by atoms with Gasteiger partial charge in [0.05, 0.1) is 21.8 Å². The van der Waals surface area contributed by atoms with Crippen molar-refractivity contribution < 1.29 is 9.53 Å². The molecule has 42 heavy (non-hydrogen) atoms. The Balaban J connectivity index is 1.32. The lowest BCUT2D eigenvalue weighted by Gasteiger charge is -2.28. The molecule has 0 spiro atoms. The van der Waals surface area contributed by atoms with Crippen LogP contribution in [0.1, 0.15) is 35.1 Å². The number of fused-ring (bicyclic) bond motifs is 2. The molecule has 0 saturated carbocycles. The molecule has 9 heteroatoms. The molecule has 8 nitrogen and oxygen atoms in total. The normalized spacial score (nSPS) is 13.0. The molecule has 216 valence electrons.